The van der Waals surface area contributed by atoms with Crippen LogP contribution in [0.25, 0.3) is 11.3 Å². The minimum absolute atomic E-state index is 0.108. The Bertz CT molecular complexity index is 507. The minimum atomic E-state index is -4.35. The molecular weight excluding hydrogens is 303 g/mol. The maximum atomic E-state index is 12.7. The second-order valence-corrected chi connectivity index (χ2v) is 5.16. The summed E-state index contributed by atoms with van der Waals surface area (Å²) in [6, 6.07) is 5.42. The summed E-state index contributed by atoms with van der Waals surface area (Å²) in [4.78, 5) is 3.99. The van der Waals surface area contributed by atoms with Crippen LogP contribution in [0.5, 0.6) is 0 Å². The van der Waals surface area contributed by atoms with Crippen LogP contribution >= 0.6 is 27.3 Å². The van der Waals surface area contributed by atoms with E-state index in [9.17, 15) is 13.2 Å². The van der Waals surface area contributed by atoms with Crippen molar-refractivity contribution in [1.29, 1.82) is 0 Å². The normalized spacial score (nSPS) is 11.8. The Kier molecular flexibility index (Phi) is 3.03. The van der Waals surface area contributed by atoms with Crippen LogP contribution in [0.2, 0.25) is 0 Å². The molecule has 0 bridgehead atoms. The zero-order valence-electron chi connectivity index (χ0n) is 7.75. The summed E-state index contributed by atoms with van der Waals surface area (Å²) in [5, 5.41) is 1.59. The van der Waals surface area contributed by atoms with E-state index in [0.29, 0.717) is 9.61 Å². The van der Waals surface area contributed by atoms with Crippen molar-refractivity contribution in [3.63, 3.8) is 0 Å². The fraction of sp³-hybridized carbons (Fsp3) is 0.100. The van der Waals surface area contributed by atoms with Crippen LogP contribution < -0.4 is 0 Å². The molecule has 0 saturated carbocycles. The Morgan fingerprint density at radius 3 is 2.44 bits per heavy atom. The monoisotopic (exact) mass is 307 g/mol. The highest BCUT2D eigenvalue weighted by Crippen LogP contribution is 2.37. The van der Waals surface area contributed by atoms with Gasteiger partial charge < -0.3 is 0 Å². The van der Waals surface area contributed by atoms with E-state index in [-0.39, 0.29) is 5.56 Å². The number of hydrogen-bond donors (Lipinski definition) is 0. The molecule has 1 nitrogen and oxygen atoms in total. The number of thiazole rings is 1. The largest absolute Gasteiger partial charge is 0.417 e. The van der Waals surface area contributed by atoms with Crippen molar-refractivity contribution in [1.82, 2.24) is 4.98 Å². The second-order valence-electron chi connectivity index (χ2n) is 3.03. The fourth-order valence-corrected chi connectivity index (χ4v) is 2.34. The first kappa shape index (κ1) is 11.6. The Morgan fingerprint density at radius 1 is 1.19 bits per heavy atom. The lowest BCUT2D eigenvalue weighted by molar-refractivity contribution is -0.137. The van der Waals surface area contributed by atoms with E-state index in [2.05, 4.69) is 20.9 Å². The summed E-state index contributed by atoms with van der Waals surface area (Å²) < 4.78 is 38.7. The average molecular weight is 308 g/mol. The molecule has 0 radical (unpaired) electrons. The molecule has 2 aromatic rings. The molecule has 0 fully saturated rings. The molecule has 0 saturated heterocycles. The highest BCUT2D eigenvalue weighted by molar-refractivity contribution is 9.11. The lowest BCUT2D eigenvalue weighted by atomic mass is 10.1. The van der Waals surface area contributed by atoms with Crippen molar-refractivity contribution < 1.29 is 13.2 Å². The van der Waals surface area contributed by atoms with E-state index in [0.717, 1.165) is 6.07 Å². The van der Waals surface area contributed by atoms with E-state index < -0.39 is 11.7 Å². The number of alkyl halides is 3. The summed E-state index contributed by atoms with van der Waals surface area (Å²) >= 11 is 4.39. The predicted octanol–water partition coefficient (Wildman–Crippen LogP) is 4.59. The Labute approximate surface area is 102 Å². The Hall–Kier alpha value is -0.880. The van der Waals surface area contributed by atoms with Gasteiger partial charge in [-0.3, -0.25) is 0 Å². The average Bonchev–Trinajstić information content (AvgIpc) is 2.64. The van der Waals surface area contributed by atoms with Gasteiger partial charge in [-0.05, 0) is 22.0 Å². The molecule has 1 heterocycles. The first-order valence-corrected chi connectivity index (χ1v) is 5.93. The zero-order chi connectivity index (χ0) is 11.8. The molecule has 84 valence electrons. The van der Waals surface area contributed by atoms with Gasteiger partial charge in [0.05, 0.1) is 11.3 Å². The molecule has 0 aliphatic heterocycles. The highest BCUT2D eigenvalue weighted by atomic mass is 79.9. The molecule has 0 atom stereocenters. The van der Waals surface area contributed by atoms with Crippen molar-refractivity contribution in [2.24, 2.45) is 0 Å². The van der Waals surface area contributed by atoms with E-state index in [1.807, 2.05) is 0 Å². The first-order chi connectivity index (χ1) is 7.48. The van der Waals surface area contributed by atoms with E-state index in [4.69, 9.17) is 0 Å². The topological polar surface area (TPSA) is 12.9 Å². The molecule has 0 aliphatic carbocycles. The number of benzene rings is 1. The van der Waals surface area contributed by atoms with Crippen molar-refractivity contribution in [3.8, 4) is 11.3 Å². The van der Waals surface area contributed by atoms with Crippen LogP contribution in [-0.2, 0) is 6.18 Å². The number of halogens is 4. The van der Waals surface area contributed by atoms with Crippen molar-refractivity contribution in [3.05, 3.63) is 39.1 Å². The van der Waals surface area contributed by atoms with Gasteiger partial charge in [-0.15, -0.1) is 11.3 Å². The number of hydrogen-bond acceptors (Lipinski definition) is 2. The van der Waals surface area contributed by atoms with Gasteiger partial charge in [0.2, 0.25) is 0 Å². The molecule has 0 amide bonds. The molecule has 0 aliphatic rings. The maximum Gasteiger partial charge on any atom is 0.417 e. The lowest BCUT2D eigenvalue weighted by Gasteiger charge is -2.10. The summed E-state index contributed by atoms with van der Waals surface area (Å²) in [7, 11) is 0. The standard InChI is InChI=1S/C10H5BrF3NS/c11-9-15-8(5-16-9)6-3-1-2-4-7(6)10(12,13)14/h1-5H. The summed E-state index contributed by atoms with van der Waals surface area (Å²) in [5.74, 6) is 0. The van der Waals surface area contributed by atoms with Gasteiger partial charge in [0.25, 0.3) is 0 Å². The maximum absolute atomic E-state index is 12.7. The van der Waals surface area contributed by atoms with Crippen molar-refractivity contribution in [2.45, 2.75) is 6.18 Å². The highest BCUT2D eigenvalue weighted by Gasteiger charge is 2.33. The van der Waals surface area contributed by atoms with Crippen LogP contribution in [0.15, 0.2) is 33.6 Å². The minimum Gasteiger partial charge on any atom is -0.229 e. The van der Waals surface area contributed by atoms with Gasteiger partial charge in [-0.1, -0.05) is 18.2 Å². The molecule has 1 aromatic heterocycles. The predicted molar refractivity (Wildman–Crippen MR) is 60.3 cm³/mol. The molecule has 0 spiro atoms. The van der Waals surface area contributed by atoms with Crippen LogP contribution in [0, 0.1) is 0 Å². The van der Waals surface area contributed by atoms with E-state index in [1.54, 1.807) is 11.4 Å². The molecule has 6 heteroatoms. The van der Waals surface area contributed by atoms with E-state index in [1.165, 1.54) is 23.5 Å². The Balaban J connectivity index is 2.57. The summed E-state index contributed by atoms with van der Waals surface area (Å²) in [6.45, 7) is 0. The molecule has 0 unspecified atom stereocenters. The van der Waals surface area contributed by atoms with Crippen LogP contribution in [0.4, 0.5) is 13.2 Å². The number of rotatable bonds is 1. The van der Waals surface area contributed by atoms with Gasteiger partial charge in [0.1, 0.15) is 0 Å². The van der Waals surface area contributed by atoms with Gasteiger partial charge in [-0.2, -0.15) is 13.2 Å². The number of nitrogens with zero attached hydrogens (tertiary/aromatic N) is 1. The van der Waals surface area contributed by atoms with Gasteiger partial charge >= 0.3 is 6.18 Å². The van der Waals surface area contributed by atoms with E-state index >= 15 is 0 Å². The van der Waals surface area contributed by atoms with Crippen LogP contribution in [0.3, 0.4) is 0 Å². The zero-order valence-corrected chi connectivity index (χ0v) is 10.2. The lowest BCUT2D eigenvalue weighted by Crippen LogP contribution is -2.06. The molecule has 16 heavy (non-hydrogen) atoms. The summed E-state index contributed by atoms with van der Waals surface area (Å²) in [5.41, 5.74) is -0.213. The molecule has 2 rings (SSSR count). The summed E-state index contributed by atoms with van der Waals surface area (Å²) in [6.07, 6.45) is -4.35. The third-order valence-electron chi connectivity index (χ3n) is 1.98. The molecular formula is C10H5BrF3NS. The van der Waals surface area contributed by atoms with Crippen molar-refractivity contribution in [2.75, 3.05) is 0 Å². The quantitative estimate of drug-likeness (QED) is 0.751. The SMILES string of the molecule is FC(F)(F)c1ccccc1-c1csc(Br)n1. The first-order valence-electron chi connectivity index (χ1n) is 4.26. The van der Waals surface area contributed by atoms with Gasteiger partial charge in [0.15, 0.2) is 3.92 Å². The second kappa shape index (κ2) is 4.18. The Morgan fingerprint density at radius 2 is 1.88 bits per heavy atom. The number of aromatic nitrogens is 1. The van der Waals surface area contributed by atoms with Crippen LogP contribution in [-0.4, -0.2) is 4.98 Å². The van der Waals surface area contributed by atoms with Crippen LogP contribution in [0.1, 0.15) is 5.56 Å². The molecule has 1 aromatic carbocycles. The smallest absolute Gasteiger partial charge is 0.229 e. The van der Waals surface area contributed by atoms with Crippen molar-refractivity contribution >= 4 is 27.3 Å². The van der Waals surface area contributed by atoms with Gasteiger partial charge in [-0.25, -0.2) is 4.98 Å². The fourth-order valence-electron chi connectivity index (χ4n) is 1.33. The third-order valence-corrected chi connectivity index (χ3v) is 3.35. The van der Waals surface area contributed by atoms with Gasteiger partial charge in [0, 0.05) is 10.9 Å². The molecule has 0 N–H and O–H groups in total. The third kappa shape index (κ3) is 2.27.